The first-order valence-corrected chi connectivity index (χ1v) is 15.1. The lowest BCUT2D eigenvalue weighted by molar-refractivity contribution is -0.131. The molecule has 9 nitrogen and oxygen atoms in total. The number of carbonyl (C=O) groups is 1. The third-order valence-electron chi connectivity index (χ3n) is 8.04. The summed E-state index contributed by atoms with van der Waals surface area (Å²) >= 11 is 5.82. The van der Waals surface area contributed by atoms with E-state index in [1.54, 1.807) is 13.0 Å². The molecule has 1 atom stereocenters. The van der Waals surface area contributed by atoms with E-state index in [-0.39, 0.29) is 24.6 Å². The first-order chi connectivity index (χ1) is 21.3. The Balaban J connectivity index is 1.08. The van der Waals surface area contributed by atoms with Crippen molar-refractivity contribution in [2.75, 3.05) is 19.7 Å². The van der Waals surface area contributed by atoms with Crippen molar-refractivity contribution in [3.63, 3.8) is 0 Å². The molecule has 0 amide bonds. The molecule has 2 aromatic heterocycles. The number of halogens is 2. The van der Waals surface area contributed by atoms with Crippen LogP contribution >= 0.6 is 11.6 Å². The highest BCUT2D eigenvalue weighted by Crippen LogP contribution is 2.27. The number of rotatable bonds is 11. The van der Waals surface area contributed by atoms with E-state index in [2.05, 4.69) is 14.5 Å². The van der Waals surface area contributed by atoms with Gasteiger partial charge in [0.15, 0.2) is 11.6 Å². The fraction of sp³-hybridized carbons (Fsp3) is 0.364. The second-order valence-corrected chi connectivity index (χ2v) is 11.6. The molecule has 1 N–H and O–H groups in total. The number of allylic oxidation sites excluding steroid dienone is 1. The average molecular weight is 621 g/mol. The summed E-state index contributed by atoms with van der Waals surface area (Å²) in [4.78, 5) is 23.1. The molecule has 2 aliphatic heterocycles. The quantitative estimate of drug-likeness (QED) is 0.200. The monoisotopic (exact) mass is 620 g/mol. The van der Waals surface area contributed by atoms with Gasteiger partial charge >= 0.3 is 5.97 Å². The smallest absolute Gasteiger partial charge is 0.328 e. The zero-order valence-corrected chi connectivity index (χ0v) is 25.2. The summed E-state index contributed by atoms with van der Waals surface area (Å²) in [5.74, 6) is 0.130. The number of carboxylic acids is 1. The normalized spacial score (nSPS) is 17.9. The minimum absolute atomic E-state index is 0.0253. The molecule has 0 unspecified atom stereocenters. The van der Waals surface area contributed by atoms with Crippen LogP contribution < -0.4 is 9.47 Å². The zero-order valence-electron chi connectivity index (χ0n) is 24.4. The lowest BCUT2D eigenvalue weighted by atomic mass is 10.1. The number of nitrogens with zero attached hydrogens (tertiary/aromatic N) is 4. The van der Waals surface area contributed by atoms with E-state index in [1.807, 2.05) is 36.4 Å². The molecular weight excluding hydrogens is 587 g/mol. The van der Waals surface area contributed by atoms with Crippen LogP contribution in [0.1, 0.15) is 43.3 Å². The Hall–Kier alpha value is -3.99. The van der Waals surface area contributed by atoms with Gasteiger partial charge in [0.25, 0.3) is 0 Å². The van der Waals surface area contributed by atoms with Gasteiger partial charge in [0.2, 0.25) is 5.88 Å². The number of hydrogen-bond donors (Lipinski definition) is 1. The molecule has 0 radical (unpaired) electrons. The van der Waals surface area contributed by atoms with Gasteiger partial charge in [-0.05, 0) is 73.7 Å². The molecule has 4 heterocycles. The van der Waals surface area contributed by atoms with Gasteiger partial charge in [-0.25, -0.2) is 19.2 Å². The van der Waals surface area contributed by atoms with Gasteiger partial charge in [-0.15, -0.1) is 0 Å². The van der Waals surface area contributed by atoms with Crippen molar-refractivity contribution in [3.05, 3.63) is 88.6 Å². The fourth-order valence-corrected chi connectivity index (χ4v) is 5.71. The molecular formula is C33H34ClFN4O5. The molecule has 2 saturated heterocycles. The van der Waals surface area contributed by atoms with Crippen LogP contribution in [-0.2, 0) is 29.2 Å². The molecule has 44 heavy (non-hydrogen) atoms. The van der Waals surface area contributed by atoms with Gasteiger partial charge in [0, 0.05) is 36.9 Å². The van der Waals surface area contributed by atoms with Crippen molar-refractivity contribution in [3.8, 4) is 11.6 Å². The highest BCUT2D eigenvalue weighted by atomic mass is 35.5. The van der Waals surface area contributed by atoms with E-state index in [4.69, 9.17) is 30.8 Å². The Morgan fingerprint density at radius 1 is 1.14 bits per heavy atom. The number of piperidine rings is 1. The van der Waals surface area contributed by atoms with Crippen LogP contribution in [0.25, 0.3) is 16.6 Å². The molecule has 0 saturated carbocycles. The van der Waals surface area contributed by atoms with E-state index >= 15 is 0 Å². The molecule has 4 aromatic rings. The van der Waals surface area contributed by atoms with Crippen molar-refractivity contribution in [1.29, 1.82) is 0 Å². The number of imidazole rings is 1. The van der Waals surface area contributed by atoms with Crippen LogP contribution in [0.4, 0.5) is 4.39 Å². The summed E-state index contributed by atoms with van der Waals surface area (Å²) < 4.78 is 33.9. The number of fused-ring (bicyclic) bond motifs is 1. The standard InChI is InChI=1S/C33H34ClFN4O5/c1-21(15-33(40)41)22-5-7-28-29(16-22)39(18-26-11-14-42-26)31(37-28)19-38-12-9-25(10-13-38)44-32-4-2-3-24(36-32)20-43-30-8-6-23(34)17-27(30)35/h2-8,15-17,25-26H,9-14,18-20H2,1H3,(H,40,41)/b21-15+/t26-/m0/s1. The number of hydrogen-bond acceptors (Lipinski definition) is 7. The minimum atomic E-state index is -0.963. The Morgan fingerprint density at radius 2 is 1.95 bits per heavy atom. The molecule has 0 bridgehead atoms. The molecule has 0 spiro atoms. The Bertz CT molecular complexity index is 1680. The summed E-state index contributed by atoms with van der Waals surface area (Å²) in [6.45, 7) is 5.79. The highest BCUT2D eigenvalue weighted by molar-refractivity contribution is 6.30. The molecule has 2 aliphatic rings. The van der Waals surface area contributed by atoms with Gasteiger partial charge in [0.1, 0.15) is 18.5 Å². The number of benzene rings is 2. The maximum absolute atomic E-state index is 14.1. The van der Waals surface area contributed by atoms with Crippen LogP contribution in [0.5, 0.6) is 11.6 Å². The van der Waals surface area contributed by atoms with Crippen LogP contribution in [0, 0.1) is 5.82 Å². The molecule has 2 aromatic carbocycles. The first kappa shape index (κ1) is 30.1. The highest BCUT2D eigenvalue weighted by Gasteiger charge is 2.26. The predicted molar refractivity (Wildman–Crippen MR) is 164 cm³/mol. The number of aliphatic carboxylic acids is 1. The van der Waals surface area contributed by atoms with Gasteiger partial charge in [-0.3, -0.25) is 4.90 Å². The Kier molecular flexibility index (Phi) is 9.11. The Labute approximate surface area is 259 Å². The van der Waals surface area contributed by atoms with E-state index in [1.165, 1.54) is 18.2 Å². The lowest BCUT2D eigenvalue weighted by Gasteiger charge is -2.32. The van der Waals surface area contributed by atoms with E-state index in [0.717, 1.165) is 61.4 Å². The predicted octanol–water partition coefficient (Wildman–Crippen LogP) is 6.12. The van der Waals surface area contributed by atoms with Gasteiger partial charge < -0.3 is 23.9 Å². The van der Waals surface area contributed by atoms with Crippen molar-refractivity contribution < 1.29 is 28.5 Å². The number of likely N-dealkylation sites (tertiary alicyclic amines) is 1. The number of pyridine rings is 1. The van der Waals surface area contributed by atoms with Crippen LogP contribution in [-0.4, -0.2) is 62.4 Å². The van der Waals surface area contributed by atoms with Gasteiger partial charge in [0.05, 0.1) is 35.9 Å². The second kappa shape index (κ2) is 13.3. The van der Waals surface area contributed by atoms with Gasteiger partial charge in [-0.1, -0.05) is 23.7 Å². The van der Waals surface area contributed by atoms with Crippen LogP contribution in [0.2, 0.25) is 5.02 Å². The largest absolute Gasteiger partial charge is 0.484 e. The van der Waals surface area contributed by atoms with E-state index < -0.39 is 11.8 Å². The van der Waals surface area contributed by atoms with Crippen molar-refractivity contribution in [2.24, 2.45) is 0 Å². The topological polar surface area (TPSA) is 98.9 Å². The summed E-state index contributed by atoms with van der Waals surface area (Å²) in [6.07, 6.45) is 4.10. The summed E-state index contributed by atoms with van der Waals surface area (Å²) in [6, 6.07) is 15.7. The molecule has 6 rings (SSSR count). The molecule has 230 valence electrons. The molecule has 11 heteroatoms. The fourth-order valence-electron chi connectivity index (χ4n) is 5.55. The van der Waals surface area contributed by atoms with E-state index in [9.17, 15) is 14.3 Å². The van der Waals surface area contributed by atoms with Crippen molar-refractivity contribution in [2.45, 2.75) is 58.1 Å². The van der Waals surface area contributed by atoms with Crippen molar-refractivity contribution in [1.82, 2.24) is 19.4 Å². The number of aromatic nitrogens is 3. The number of ether oxygens (including phenoxy) is 3. The maximum Gasteiger partial charge on any atom is 0.328 e. The second-order valence-electron chi connectivity index (χ2n) is 11.2. The molecule has 0 aliphatic carbocycles. The SMILES string of the molecule is C/C(=C\C(=O)O)c1ccc2nc(CN3CCC(Oc4cccc(COc5ccc(Cl)cc5F)n4)CC3)n(C[C@@H]3CCO3)c2c1. The van der Waals surface area contributed by atoms with Crippen LogP contribution in [0.3, 0.4) is 0 Å². The Morgan fingerprint density at radius 3 is 2.68 bits per heavy atom. The summed E-state index contributed by atoms with van der Waals surface area (Å²) in [5, 5.41) is 9.51. The first-order valence-electron chi connectivity index (χ1n) is 14.8. The average Bonchev–Trinajstić information content (AvgIpc) is 3.31. The zero-order chi connectivity index (χ0) is 30.6. The van der Waals surface area contributed by atoms with E-state index in [0.29, 0.717) is 35.3 Å². The maximum atomic E-state index is 14.1. The number of carboxylic acid groups (broad SMARTS) is 1. The van der Waals surface area contributed by atoms with Gasteiger partial charge in [-0.2, -0.15) is 0 Å². The van der Waals surface area contributed by atoms with Crippen LogP contribution in [0.15, 0.2) is 60.7 Å². The third kappa shape index (κ3) is 7.20. The molecule has 2 fully saturated rings. The lowest BCUT2D eigenvalue weighted by Crippen LogP contribution is -2.39. The third-order valence-corrected chi connectivity index (χ3v) is 8.28. The summed E-state index contributed by atoms with van der Waals surface area (Å²) in [5.41, 5.74) is 4.07. The minimum Gasteiger partial charge on any atom is -0.484 e. The summed E-state index contributed by atoms with van der Waals surface area (Å²) in [7, 11) is 0. The van der Waals surface area contributed by atoms with Crippen molar-refractivity contribution >= 4 is 34.2 Å².